The first-order valence-electron chi connectivity index (χ1n) is 4.60. The Bertz CT molecular complexity index is 194. The first-order chi connectivity index (χ1) is 6.67. The lowest BCUT2D eigenvalue weighted by Crippen LogP contribution is -2.44. The molecule has 0 saturated heterocycles. The van der Waals surface area contributed by atoms with E-state index in [2.05, 4.69) is 13.2 Å². The summed E-state index contributed by atoms with van der Waals surface area (Å²) < 4.78 is 0. The quantitative estimate of drug-likeness (QED) is 0.474. The highest BCUT2D eigenvalue weighted by Gasteiger charge is 2.13. The van der Waals surface area contributed by atoms with E-state index in [0.717, 1.165) is 0 Å². The van der Waals surface area contributed by atoms with E-state index in [9.17, 15) is 4.79 Å². The molecule has 1 amide bonds. The van der Waals surface area contributed by atoms with Crippen LogP contribution in [-0.4, -0.2) is 42.6 Å². The molecule has 2 N–H and O–H groups in total. The molecule has 0 aliphatic carbocycles. The summed E-state index contributed by atoms with van der Waals surface area (Å²) in [7, 11) is 1.73. The summed E-state index contributed by atoms with van der Waals surface area (Å²) in [4.78, 5) is 11.5. The van der Waals surface area contributed by atoms with Gasteiger partial charge >= 0.3 is 0 Å². The molecule has 0 saturated carbocycles. The first-order valence-corrected chi connectivity index (χ1v) is 4.60. The molecular weight excluding hydrogens is 178 g/mol. The van der Waals surface area contributed by atoms with E-state index in [1.165, 1.54) is 0 Å². The van der Waals surface area contributed by atoms with Gasteiger partial charge in [-0.1, -0.05) is 12.2 Å². The van der Waals surface area contributed by atoms with Crippen LogP contribution in [-0.2, 0) is 4.79 Å². The summed E-state index contributed by atoms with van der Waals surface area (Å²) in [5.74, 6) is 0.0104. The van der Waals surface area contributed by atoms with Gasteiger partial charge in [0, 0.05) is 33.1 Å². The molecule has 0 aliphatic rings. The lowest BCUT2D eigenvalue weighted by Gasteiger charge is -2.30. The van der Waals surface area contributed by atoms with Crippen LogP contribution in [0.1, 0.15) is 6.42 Å². The number of rotatable bonds is 7. The predicted molar refractivity (Wildman–Crippen MR) is 58.4 cm³/mol. The molecule has 0 rings (SSSR count). The summed E-state index contributed by atoms with van der Waals surface area (Å²) in [6, 6.07) is 0. The Balaban J connectivity index is 4.24. The molecule has 80 valence electrons. The topological polar surface area (TPSA) is 49.6 Å². The van der Waals surface area contributed by atoms with Crippen molar-refractivity contribution in [3.8, 4) is 0 Å². The van der Waals surface area contributed by atoms with E-state index in [1.807, 2.05) is 5.01 Å². The normalized spacial score (nSPS) is 9.93. The maximum atomic E-state index is 11.5. The zero-order valence-electron chi connectivity index (χ0n) is 8.78. The smallest absolute Gasteiger partial charge is 0.237 e. The molecule has 0 fully saturated rings. The van der Waals surface area contributed by atoms with E-state index in [0.29, 0.717) is 26.1 Å². The Hall–Kier alpha value is -1.13. The summed E-state index contributed by atoms with van der Waals surface area (Å²) in [6.45, 7) is 8.89. The standard InChI is InChI=1S/C10H19N3O/c1-4-8-13(9-5-2)12(3)10(14)6-7-11/h4-5H,1-2,6-9,11H2,3H3. The van der Waals surface area contributed by atoms with E-state index < -0.39 is 0 Å². The molecule has 0 aliphatic heterocycles. The molecule has 4 heteroatoms. The fraction of sp³-hybridized carbons (Fsp3) is 0.500. The van der Waals surface area contributed by atoms with Crippen LogP contribution in [0, 0.1) is 0 Å². The lowest BCUT2D eigenvalue weighted by atomic mass is 10.4. The van der Waals surface area contributed by atoms with Crippen molar-refractivity contribution in [1.82, 2.24) is 10.0 Å². The van der Waals surface area contributed by atoms with E-state index >= 15 is 0 Å². The highest BCUT2D eigenvalue weighted by Crippen LogP contribution is 1.98. The van der Waals surface area contributed by atoms with Crippen molar-refractivity contribution in [3.05, 3.63) is 25.3 Å². The Kier molecular flexibility index (Phi) is 6.70. The number of nitrogens with two attached hydrogens (primary N) is 1. The van der Waals surface area contributed by atoms with Crippen molar-refractivity contribution in [3.63, 3.8) is 0 Å². The van der Waals surface area contributed by atoms with Crippen LogP contribution in [0.5, 0.6) is 0 Å². The van der Waals surface area contributed by atoms with Crippen molar-refractivity contribution in [1.29, 1.82) is 0 Å². The van der Waals surface area contributed by atoms with Crippen molar-refractivity contribution >= 4 is 5.91 Å². The number of nitrogens with zero attached hydrogens (tertiary/aromatic N) is 2. The fourth-order valence-corrected chi connectivity index (χ4v) is 1.06. The maximum absolute atomic E-state index is 11.5. The Morgan fingerprint density at radius 3 is 2.21 bits per heavy atom. The van der Waals surface area contributed by atoms with Crippen molar-refractivity contribution in [2.45, 2.75) is 6.42 Å². The number of amides is 1. The number of carbonyl (C=O) groups is 1. The molecule has 0 unspecified atom stereocenters. The predicted octanol–water partition coefficient (Wildman–Crippen LogP) is 0.383. The average molecular weight is 197 g/mol. The molecule has 0 aromatic heterocycles. The lowest BCUT2D eigenvalue weighted by molar-refractivity contribution is -0.143. The van der Waals surface area contributed by atoms with Crippen molar-refractivity contribution in [2.75, 3.05) is 26.7 Å². The van der Waals surface area contributed by atoms with Gasteiger partial charge in [-0.15, -0.1) is 13.2 Å². The summed E-state index contributed by atoms with van der Waals surface area (Å²) in [6.07, 6.45) is 3.85. The minimum atomic E-state index is 0.0104. The minimum Gasteiger partial charge on any atom is -0.330 e. The van der Waals surface area contributed by atoms with Crippen LogP contribution in [0.25, 0.3) is 0 Å². The van der Waals surface area contributed by atoms with Gasteiger partial charge < -0.3 is 5.73 Å². The second-order valence-electron chi connectivity index (χ2n) is 2.90. The van der Waals surface area contributed by atoms with Gasteiger partial charge in [-0.2, -0.15) is 0 Å². The third kappa shape index (κ3) is 4.20. The first kappa shape index (κ1) is 12.9. The number of hydrogen-bond acceptors (Lipinski definition) is 3. The van der Waals surface area contributed by atoms with Crippen molar-refractivity contribution < 1.29 is 4.79 Å². The van der Waals surface area contributed by atoms with Crippen LogP contribution in [0.4, 0.5) is 0 Å². The summed E-state index contributed by atoms with van der Waals surface area (Å²) in [5.41, 5.74) is 5.31. The van der Waals surface area contributed by atoms with E-state index in [4.69, 9.17) is 5.73 Å². The van der Waals surface area contributed by atoms with Crippen molar-refractivity contribution in [2.24, 2.45) is 5.73 Å². The second-order valence-corrected chi connectivity index (χ2v) is 2.90. The SMILES string of the molecule is C=CCN(CC=C)N(C)C(=O)CCN. The molecule has 0 bridgehead atoms. The average Bonchev–Trinajstić information content (AvgIpc) is 2.17. The van der Waals surface area contributed by atoms with Crippen LogP contribution >= 0.6 is 0 Å². The third-order valence-electron chi connectivity index (χ3n) is 1.82. The highest BCUT2D eigenvalue weighted by atomic mass is 16.2. The molecular formula is C10H19N3O. The maximum Gasteiger partial charge on any atom is 0.237 e. The Morgan fingerprint density at radius 2 is 1.86 bits per heavy atom. The van der Waals surface area contributed by atoms with E-state index in [1.54, 1.807) is 24.2 Å². The Labute approximate surface area is 85.6 Å². The molecule has 0 atom stereocenters. The van der Waals surface area contributed by atoms with Gasteiger partial charge in [-0.3, -0.25) is 9.80 Å². The van der Waals surface area contributed by atoms with Gasteiger partial charge in [0.2, 0.25) is 5.91 Å². The summed E-state index contributed by atoms with van der Waals surface area (Å²) in [5, 5.41) is 3.41. The molecule has 0 radical (unpaired) electrons. The molecule has 0 spiro atoms. The fourth-order valence-electron chi connectivity index (χ4n) is 1.06. The molecule has 0 aromatic rings. The highest BCUT2D eigenvalue weighted by molar-refractivity contribution is 5.75. The molecule has 0 aromatic carbocycles. The van der Waals surface area contributed by atoms with Crippen LogP contribution in [0.15, 0.2) is 25.3 Å². The van der Waals surface area contributed by atoms with Crippen LogP contribution in [0.2, 0.25) is 0 Å². The zero-order valence-corrected chi connectivity index (χ0v) is 8.78. The van der Waals surface area contributed by atoms with Gasteiger partial charge in [-0.05, 0) is 0 Å². The zero-order chi connectivity index (χ0) is 11.0. The minimum absolute atomic E-state index is 0.0104. The third-order valence-corrected chi connectivity index (χ3v) is 1.82. The van der Waals surface area contributed by atoms with Gasteiger partial charge in [0.15, 0.2) is 0 Å². The van der Waals surface area contributed by atoms with E-state index in [-0.39, 0.29) is 5.91 Å². The Morgan fingerprint density at radius 1 is 1.36 bits per heavy atom. The van der Waals surface area contributed by atoms with Gasteiger partial charge in [0.25, 0.3) is 0 Å². The number of carbonyl (C=O) groups excluding carboxylic acids is 1. The summed E-state index contributed by atoms with van der Waals surface area (Å²) >= 11 is 0. The number of hydrazine groups is 1. The van der Waals surface area contributed by atoms with Gasteiger partial charge in [0.05, 0.1) is 0 Å². The number of hydrogen-bond donors (Lipinski definition) is 1. The molecule has 0 heterocycles. The monoisotopic (exact) mass is 197 g/mol. The van der Waals surface area contributed by atoms with Crippen LogP contribution < -0.4 is 5.73 Å². The largest absolute Gasteiger partial charge is 0.330 e. The van der Waals surface area contributed by atoms with Crippen LogP contribution in [0.3, 0.4) is 0 Å². The second kappa shape index (κ2) is 7.29. The van der Waals surface area contributed by atoms with Gasteiger partial charge in [0.1, 0.15) is 0 Å². The molecule has 14 heavy (non-hydrogen) atoms. The molecule has 4 nitrogen and oxygen atoms in total. The van der Waals surface area contributed by atoms with Gasteiger partial charge in [-0.25, -0.2) is 5.01 Å².